The standard InChI is InChI=1S/C17H15BrN2O/c1-11(19)13-5-7-17(15(18)9-13)21-14-6-4-12-3-2-8-20-16(12)10-14/h2-11H,19H2,1H3. The van der Waals surface area contributed by atoms with Gasteiger partial charge >= 0.3 is 0 Å². The third-order valence-electron chi connectivity index (χ3n) is 3.29. The Labute approximate surface area is 131 Å². The zero-order valence-corrected chi connectivity index (χ0v) is 13.2. The zero-order valence-electron chi connectivity index (χ0n) is 11.6. The number of hydrogen-bond donors (Lipinski definition) is 1. The van der Waals surface area contributed by atoms with Crippen molar-refractivity contribution in [1.82, 2.24) is 4.98 Å². The van der Waals surface area contributed by atoms with Gasteiger partial charge in [-0.3, -0.25) is 4.98 Å². The second-order valence-corrected chi connectivity index (χ2v) is 5.79. The second kappa shape index (κ2) is 5.84. The van der Waals surface area contributed by atoms with Crippen LogP contribution < -0.4 is 10.5 Å². The first-order valence-corrected chi connectivity index (χ1v) is 7.50. The first-order chi connectivity index (χ1) is 10.1. The topological polar surface area (TPSA) is 48.1 Å². The number of pyridine rings is 1. The van der Waals surface area contributed by atoms with Gasteiger partial charge in [0.1, 0.15) is 11.5 Å². The van der Waals surface area contributed by atoms with Crippen LogP contribution in [0.4, 0.5) is 0 Å². The summed E-state index contributed by atoms with van der Waals surface area (Å²) in [6.45, 7) is 1.96. The number of rotatable bonds is 3. The Balaban J connectivity index is 1.91. The van der Waals surface area contributed by atoms with Crippen LogP contribution in [0.5, 0.6) is 11.5 Å². The van der Waals surface area contributed by atoms with Crippen LogP contribution in [-0.2, 0) is 0 Å². The van der Waals surface area contributed by atoms with Crippen LogP contribution in [0.2, 0.25) is 0 Å². The maximum atomic E-state index is 5.92. The molecule has 106 valence electrons. The summed E-state index contributed by atoms with van der Waals surface area (Å²) < 4.78 is 6.81. The number of fused-ring (bicyclic) bond motifs is 1. The molecule has 1 aromatic heterocycles. The van der Waals surface area contributed by atoms with Gasteiger partial charge in [-0.05, 0) is 58.7 Å². The normalized spacial score (nSPS) is 12.3. The van der Waals surface area contributed by atoms with Gasteiger partial charge in [-0.1, -0.05) is 12.1 Å². The van der Waals surface area contributed by atoms with E-state index in [1.165, 1.54) is 0 Å². The number of nitrogens with zero attached hydrogens (tertiary/aromatic N) is 1. The molecule has 0 saturated carbocycles. The molecular weight excluding hydrogens is 328 g/mol. The van der Waals surface area contributed by atoms with E-state index in [0.29, 0.717) is 0 Å². The molecule has 0 bridgehead atoms. The summed E-state index contributed by atoms with van der Waals surface area (Å²) in [6, 6.07) is 15.7. The molecule has 0 spiro atoms. The fourth-order valence-electron chi connectivity index (χ4n) is 2.12. The average Bonchev–Trinajstić information content (AvgIpc) is 2.49. The molecule has 1 heterocycles. The highest BCUT2D eigenvalue weighted by Crippen LogP contribution is 2.32. The maximum Gasteiger partial charge on any atom is 0.141 e. The number of benzene rings is 2. The molecule has 0 saturated heterocycles. The van der Waals surface area contributed by atoms with Crippen LogP contribution in [0.15, 0.2) is 59.2 Å². The molecule has 2 aromatic carbocycles. The van der Waals surface area contributed by atoms with Crippen molar-refractivity contribution in [3.05, 3.63) is 64.8 Å². The van der Waals surface area contributed by atoms with E-state index in [9.17, 15) is 0 Å². The minimum atomic E-state index is 0.000203. The summed E-state index contributed by atoms with van der Waals surface area (Å²) in [4.78, 5) is 4.33. The molecular formula is C17H15BrN2O. The number of halogens is 1. The van der Waals surface area contributed by atoms with Crippen LogP contribution in [0.3, 0.4) is 0 Å². The van der Waals surface area contributed by atoms with Gasteiger partial charge in [0, 0.05) is 23.7 Å². The van der Waals surface area contributed by atoms with E-state index >= 15 is 0 Å². The predicted octanol–water partition coefficient (Wildman–Crippen LogP) is 4.81. The third-order valence-corrected chi connectivity index (χ3v) is 3.91. The van der Waals surface area contributed by atoms with Crippen molar-refractivity contribution in [3.8, 4) is 11.5 Å². The van der Waals surface area contributed by atoms with E-state index in [4.69, 9.17) is 10.5 Å². The molecule has 3 rings (SSSR count). The van der Waals surface area contributed by atoms with Gasteiger partial charge in [0.2, 0.25) is 0 Å². The lowest BCUT2D eigenvalue weighted by molar-refractivity contribution is 0.480. The fraction of sp³-hybridized carbons (Fsp3) is 0.118. The maximum absolute atomic E-state index is 5.92. The summed E-state index contributed by atoms with van der Waals surface area (Å²) in [5.41, 5.74) is 7.86. The smallest absolute Gasteiger partial charge is 0.141 e. The summed E-state index contributed by atoms with van der Waals surface area (Å²) >= 11 is 3.53. The van der Waals surface area contributed by atoms with Crippen molar-refractivity contribution < 1.29 is 4.74 Å². The molecule has 0 radical (unpaired) electrons. The van der Waals surface area contributed by atoms with E-state index in [-0.39, 0.29) is 6.04 Å². The lowest BCUT2D eigenvalue weighted by Crippen LogP contribution is -2.04. The van der Waals surface area contributed by atoms with E-state index in [1.54, 1.807) is 6.20 Å². The van der Waals surface area contributed by atoms with Crippen molar-refractivity contribution in [1.29, 1.82) is 0 Å². The van der Waals surface area contributed by atoms with E-state index in [0.717, 1.165) is 32.4 Å². The molecule has 4 heteroatoms. The Morgan fingerprint density at radius 1 is 1.14 bits per heavy atom. The summed E-state index contributed by atoms with van der Waals surface area (Å²) in [5, 5.41) is 1.09. The first-order valence-electron chi connectivity index (χ1n) is 6.71. The Hall–Kier alpha value is -1.91. The minimum absolute atomic E-state index is 0.000203. The van der Waals surface area contributed by atoms with Crippen molar-refractivity contribution >= 4 is 26.8 Å². The van der Waals surface area contributed by atoms with Crippen LogP contribution in [0, 0.1) is 0 Å². The molecule has 3 nitrogen and oxygen atoms in total. The zero-order chi connectivity index (χ0) is 14.8. The van der Waals surface area contributed by atoms with Gasteiger partial charge in [-0.2, -0.15) is 0 Å². The van der Waals surface area contributed by atoms with Gasteiger partial charge in [-0.25, -0.2) is 0 Å². The highest BCUT2D eigenvalue weighted by atomic mass is 79.9. The van der Waals surface area contributed by atoms with E-state index in [1.807, 2.05) is 55.5 Å². The van der Waals surface area contributed by atoms with Crippen molar-refractivity contribution in [2.75, 3.05) is 0 Å². The summed E-state index contributed by atoms with van der Waals surface area (Å²) in [7, 11) is 0. The SMILES string of the molecule is CC(N)c1ccc(Oc2ccc3cccnc3c2)c(Br)c1. The van der Waals surface area contributed by atoms with Gasteiger partial charge < -0.3 is 10.5 Å². The molecule has 3 aromatic rings. The Morgan fingerprint density at radius 3 is 2.76 bits per heavy atom. The van der Waals surface area contributed by atoms with Crippen molar-refractivity contribution in [2.24, 2.45) is 5.73 Å². The fourth-order valence-corrected chi connectivity index (χ4v) is 2.60. The molecule has 0 aliphatic heterocycles. The molecule has 0 aliphatic rings. The Kier molecular flexibility index (Phi) is 3.90. The molecule has 2 N–H and O–H groups in total. The van der Waals surface area contributed by atoms with Gasteiger partial charge in [-0.15, -0.1) is 0 Å². The van der Waals surface area contributed by atoms with Crippen molar-refractivity contribution in [2.45, 2.75) is 13.0 Å². The van der Waals surface area contributed by atoms with Crippen LogP contribution in [-0.4, -0.2) is 4.98 Å². The van der Waals surface area contributed by atoms with Gasteiger partial charge in [0.05, 0.1) is 9.99 Å². The molecule has 21 heavy (non-hydrogen) atoms. The Morgan fingerprint density at radius 2 is 2.00 bits per heavy atom. The van der Waals surface area contributed by atoms with Gasteiger partial charge in [0.15, 0.2) is 0 Å². The minimum Gasteiger partial charge on any atom is -0.456 e. The van der Waals surface area contributed by atoms with Gasteiger partial charge in [0.25, 0.3) is 0 Å². The van der Waals surface area contributed by atoms with Crippen LogP contribution in [0.25, 0.3) is 10.9 Å². The molecule has 1 atom stereocenters. The third kappa shape index (κ3) is 3.06. The Bertz CT molecular complexity index is 787. The lowest BCUT2D eigenvalue weighted by atomic mass is 10.1. The molecule has 0 aliphatic carbocycles. The highest BCUT2D eigenvalue weighted by molar-refractivity contribution is 9.10. The highest BCUT2D eigenvalue weighted by Gasteiger charge is 2.07. The largest absolute Gasteiger partial charge is 0.456 e. The van der Waals surface area contributed by atoms with Crippen LogP contribution in [0.1, 0.15) is 18.5 Å². The molecule has 1 unspecified atom stereocenters. The summed E-state index contributed by atoms with van der Waals surface area (Å²) in [6.07, 6.45) is 1.78. The molecule has 0 fully saturated rings. The van der Waals surface area contributed by atoms with Crippen molar-refractivity contribution in [3.63, 3.8) is 0 Å². The van der Waals surface area contributed by atoms with Crippen LogP contribution >= 0.6 is 15.9 Å². The van der Waals surface area contributed by atoms with E-state index < -0.39 is 0 Å². The second-order valence-electron chi connectivity index (χ2n) is 4.94. The first kappa shape index (κ1) is 14.0. The monoisotopic (exact) mass is 342 g/mol. The predicted molar refractivity (Wildman–Crippen MR) is 88.6 cm³/mol. The number of aromatic nitrogens is 1. The quantitative estimate of drug-likeness (QED) is 0.742. The number of hydrogen-bond acceptors (Lipinski definition) is 3. The lowest BCUT2D eigenvalue weighted by Gasteiger charge is -2.11. The molecule has 0 amide bonds. The average molecular weight is 343 g/mol. The summed E-state index contributed by atoms with van der Waals surface area (Å²) in [5.74, 6) is 1.52. The van der Waals surface area contributed by atoms with E-state index in [2.05, 4.69) is 20.9 Å². The number of ether oxygens (including phenoxy) is 1. The number of nitrogens with two attached hydrogens (primary N) is 1.